The van der Waals surface area contributed by atoms with Gasteiger partial charge in [-0.3, -0.25) is 9.59 Å². The van der Waals surface area contributed by atoms with Crippen LogP contribution in [-0.4, -0.2) is 36.8 Å². The number of hydrogen-bond acceptors (Lipinski definition) is 5. The Labute approximate surface area is 185 Å². The van der Waals surface area contributed by atoms with Crippen LogP contribution in [0.2, 0.25) is 5.02 Å². The number of rotatable bonds is 4. The molecule has 1 unspecified atom stereocenters. The number of nitrogens with zero attached hydrogens (tertiary/aromatic N) is 1. The second-order valence-electron chi connectivity index (χ2n) is 8.01. The van der Waals surface area contributed by atoms with Crippen molar-refractivity contribution in [2.45, 2.75) is 32.9 Å². The monoisotopic (exact) mass is 459 g/mol. The number of hydrogen-bond donors (Lipinski definition) is 0. The van der Waals surface area contributed by atoms with Crippen molar-refractivity contribution in [3.05, 3.63) is 80.2 Å². The van der Waals surface area contributed by atoms with Gasteiger partial charge in [-0.25, -0.2) is 8.42 Å². The van der Waals surface area contributed by atoms with E-state index in [9.17, 15) is 18.0 Å². The molecule has 0 saturated carbocycles. The molecule has 0 spiro atoms. The Morgan fingerprint density at radius 2 is 1.94 bits per heavy atom. The molecule has 31 heavy (non-hydrogen) atoms. The third kappa shape index (κ3) is 4.38. The molecule has 162 valence electrons. The molecule has 8 heteroatoms. The molecule has 1 amide bonds. The summed E-state index contributed by atoms with van der Waals surface area (Å²) in [5.41, 5.74) is 2.42. The summed E-state index contributed by atoms with van der Waals surface area (Å²) in [4.78, 5) is 27.7. The van der Waals surface area contributed by atoms with E-state index >= 15 is 0 Å². The molecule has 1 saturated heterocycles. The quantitative estimate of drug-likeness (QED) is 0.590. The van der Waals surface area contributed by atoms with Gasteiger partial charge in [-0.1, -0.05) is 35.9 Å². The van der Waals surface area contributed by atoms with Gasteiger partial charge in [-0.15, -0.1) is 0 Å². The fraction of sp³-hybridized carbons (Fsp3) is 0.304. The highest BCUT2D eigenvalue weighted by molar-refractivity contribution is 7.91. The van der Waals surface area contributed by atoms with Crippen molar-refractivity contribution in [3.63, 3.8) is 0 Å². The van der Waals surface area contributed by atoms with Crippen molar-refractivity contribution < 1.29 is 17.6 Å². The van der Waals surface area contributed by atoms with Crippen molar-refractivity contribution in [3.8, 4) is 0 Å². The molecule has 3 aromatic rings. The predicted molar refractivity (Wildman–Crippen MR) is 120 cm³/mol. The first kappa shape index (κ1) is 21.6. The molecule has 1 aliphatic rings. The molecule has 2 aromatic carbocycles. The van der Waals surface area contributed by atoms with E-state index in [1.807, 2.05) is 19.9 Å². The van der Waals surface area contributed by atoms with Gasteiger partial charge in [0.2, 0.25) is 0 Å². The summed E-state index contributed by atoms with van der Waals surface area (Å²) in [5.74, 6) is -0.745. The highest BCUT2D eigenvalue weighted by Crippen LogP contribution is 2.26. The van der Waals surface area contributed by atoms with Gasteiger partial charge in [0.1, 0.15) is 5.58 Å². The van der Waals surface area contributed by atoms with E-state index < -0.39 is 21.8 Å². The second kappa shape index (κ2) is 8.13. The number of carbonyl (C=O) groups is 1. The molecule has 0 N–H and O–H groups in total. The number of amides is 1. The summed E-state index contributed by atoms with van der Waals surface area (Å²) in [6, 6.07) is 11.4. The highest BCUT2D eigenvalue weighted by Gasteiger charge is 2.36. The molecule has 4 rings (SSSR count). The summed E-state index contributed by atoms with van der Waals surface area (Å²) in [5, 5.41) is 0.891. The Morgan fingerprint density at radius 3 is 2.61 bits per heavy atom. The molecule has 1 aromatic heterocycles. The largest absolute Gasteiger partial charge is 0.450 e. The third-order valence-corrected chi connectivity index (χ3v) is 7.70. The molecule has 0 bridgehead atoms. The van der Waals surface area contributed by atoms with E-state index in [0.717, 1.165) is 11.1 Å². The van der Waals surface area contributed by atoms with Crippen LogP contribution in [0.5, 0.6) is 0 Å². The minimum Gasteiger partial charge on any atom is -0.450 e. The lowest BCUT2D eigenvalue weighted by Gasteiger charge is -2.28. The van der Waals surface area contributed by atoms with Crippen LogP contribution in [0.3, 0.4) is 0 Å². The third-order valence-electron chi connectivity index (χ3n) is 5.58. The lowest BCUT2D eigenvalue weighted by molar-refractivity contribution is 0.0648. The standard InChI is InChI=1S/C23H22ClNO5S/c1-14-9-15(2)22-18(10-14)20(26)11-21(30-22)23(27)25(17-7-8-31(28,29)13-17)12-16-5-3-4-6-19(16)24/h3-6,9-11,17H,7-8,12-13H2,1-2H3. The normalized spacial score (nSPS) is 17.7. The summed E-state index contributed by atoms with van der Waals surface area (Å²) >= 11 is 6.29. The first-order valence-corrected chi connectivity index (χ1v) is 12.1. The van der Waals surface area contributed by atoms with Crippen LogP contribution in [0.4, 0.5) is 0 Å². The average molecular weight is 460 g/mol. The van der Waals surface area contributed by atoms with Crippen LogP contribution in [0, 0.1) is 13.8 Å². The fourth-order valence-corrected chi connectivity index (χ4v) is 5.98. The van der Waals surface area contributed by atoms with Gasteiger partial charge in [0.05, 0.1) is 16.9 Å². The number of sulfone groups is 1. The Bertz CT molecular complexity index is 1350. The molecule has 0 aliphatic carbocycles. The molecule has 6 nitrogen and oxygen atoms in total. The van der Waals surface area contributed by atoms with E-state index in [1.54, 1.807) is 30.3 Å². The van der Waals surface area contributed by atoms with E-state index in [4.69, 9.17) is 16.0 Å². The van der Waals surface area contributed by atoms with Crippen molar-refractivity contribution in [2.75, 3.05) is 11.5 Å². The van der Waals surface area contributed by atoms with E-state index in [2.05, 4.69) is 0 Å². The van der Waals surface area contributed by atoms with E-state index in [-0.39, 0.29) is 29.2 Å². The summed E-state index contributed by atoms with van der Waals surface area (Å²) < 4.78 is 30.1. The van der Waals surface area contributed by atoms with Crippen LogP contribution in [0.15, 0.2) is 51.7 Å². The Hall–Kier alpha value is -2.64. The number of carbonyl (C=O) groups excluding carboxylic acids is 1. The van der Waals surface area contributed by atoms with Crippen LogP contribution in [-0.2, 0) is 16.4 Å². The summed E-state index contributed by atoms with van der Waals surface area (Å²) in [6.45, 7) is 3.82. The zero-order chi connectivity index (χ0) is 22.3. The molecule has 1 atom stereocenters. The number of benzene rings is 2. The minimum atomic E-state index is -3.23. The van der Waals surface area contributed by atoms with Gasteiger partial charge in [-0.05, 0) is 49.1 Å². The Kier molecular flexibility index (Phi) is 5.66. The summed E-state index contributed by atoms with van der Waals surface area (Å²) in [7, 11) is -3.23. The summed E-state index contributed by atoms with van der Waals surface area (Å²) in [6.07, 6.45) is 0.328. The zero-order valence-electron chi connectivity index (χ0n) is 17.2. The highest BCUT2D eigenvalue weighted by atomic mass is 35.5. The maximum absolute atomic E-state index is 13.5. The maximum Gasteiger partial charge on any atom is 0.290 e. The molecule has 0 radical (unpaired) electrons. The van der Waals surface area contributed by atoms with Gasteiger partial charge in [0, 0.05) is 23.7 Å². The van der Waals surface area contributed by atoms with Crippen LogP contribution >= 0.6 is 11.6 Å². The molecular weight excluding hydrogens is 438 g/mol. The first-order chi connectivity index (χ1) is 14.6. The molecule has 1 aliphatic heterocycles. The Morgan fingerprint density at radius 1 is 1.19 bits per heavy atom. The topological polar surface area (TPSA) is 84.7 Å². The van der Waals surface area contributed by atoms with Gasteiger partial charge >= 0.3 is 0 Å². The Balaban J connectivity index is 1.78. The first-order valence-electron chi connectivity index (χ1n) is 9.94. The smallest absolute Gasteiger partial charge is 0.290 e. The van der Waals surface area contributed by atoms with Crippen molar-refractivity contribution in [1.29, 1.82) is 0 Å². The van der Waals surface area contributed by atoms with Crippen molar-refractivity contribution in [1.82, 2.24) is 4.90 Å². The lowest BCUT2D eigenvalue weighted by Crippen LogP contribution is -2.41. The molecular formula is C23H22ClNO5S. The van der Waals surface area contributed by atoms with Crippen LogP contribution in [0.25, 0.3) is 11.0 Å². The van der Waals surface area contributed by atoms with Crippen molar-refractivity contribution in [2.24, 2.45) is 0 Å². The zero-order valence-corrected chi connectivity index (χ0v) is 18.8. The van der Waals surface area contributed by atoms with Crippen molar-refractivity contribution >= 4 is 38.3 Å². The van der Waals surface area contributed by atoms with Gasteiger partial charge in [-0.2, -0.15) is 0 Å². The predicted octanol–water partition coefficient (Wildman–Crippen LogP) is 3.89. The van der Waals surface area contributed by atoms with Crippen LogP contribution in [0.1, 0.15) is 33.7 Å². The minimum absolute atomic E-state index is 0.0179. The maximum atomic E-state index is 13.5. The van der Waals surface area contributed by atoms with Gasteiger partial charge in [0.15, 0.2) is 21.0 Å². The molecule has 1 fully saturated rings. The number of fused-ring (bicyclic) bond motifs is 1. The number of halogens is 1. The van der Waals surface area contributed by atoms with Crippen LogP contribution < -0.4 is 5.43 Å². The number of aryl methyl sites for hydroxylation is 2. The lowest BCUT2D eigenvalue weighted by atomic mass is 10.1. The fourth-order valence-electron chi connectivity index (χ4n) is 4.05. The molecule has 2 heterocycles. The van der Waals surface area contributed by atoms with Gasteiger partial charge in [0.25, 0.3) is 5.91 Å². The van der Waals surface area contributed by atoms with Gasteiger partial charge < -0.3 is 9.32 Å². The van der Waals surface area contributed by atoms with E-state index in [0.29, 0.717) is 28.0 Å². The SMILES string of the molecule is Cc1cc(C)c2oc(C(=O)N(Cc3ccccc3Cl)C3CCS(=O)(=O)C3)cc(=O)c2c1. The average Bonchev–Trinajstić information content (AvgIpc) is 3.07. The second-order valence-corrected chi connectivity index (χ2v) is 10.7. The van der Waals surface area contributed by atoms with E-state index in [1.165, 1.54) is 11.0 Å².